The maximum Gasteiger partial charge on any atom is 0.433 e. The maximum atomic E-state index is 12.7. The monoisotopic (exact) mass is 380 g/mol. The summed E-state index contributed by atoms with van der Waals surface area (Å²) in [7, 11) is 0. The molecule has 0 aromatic carbocycles. The second kappa shape index (κ2) is 7.91. The molecule has 1 amide bonds. The van der Waals surface area contributed by atoms with Crippen molar-refractivity contribution in [1.29, 1.82) is 0 Å². The molecular formula is C18H19F3N4O2. The fraction of sp³-hybridized carbons (Fsp3) is 0.389. The number of nitrogens with zero attached hydrogens (tertiary/aromatic N) is 3. The van der Waals surface area contributed by atoms with Gasteiger partial charge < -0.3 is 15.0 Å². The normalized spacial score (nSPS) is 14.9. The number of rotatable bonds is 4. The molecule has 2 aromatic rings. The van der Waals surface area contributed by atoms with Gasteiger partial charge in [0, 0.05) is 13.1 Å². The third-order valence-corrected chi connectivity index (χ3v) is 4.18. The highest BCUT2D eigenvalue weighted by Gasteiger charge is 2.33. The van der Waals surface area contributed by atoms with Crippen LogP contribution in [0.5, 0.6) is 0 Å². The molecule has 0 spiro atoms. The Morgan fingerprint density at radius 2 is 1.93 bits per heavy atom. The number of halogens is 3. The van der Waals surface area contributed by atoms with E-state index in [1.165, 1.54) is 6.92 Å². The Morgan fingerprint density at radius 1 is 1.19 bits per heavy atom. The van der Waals surface area contributed by atoms with Crippen molar-refractivity contribution >= 4 is 11.7 Å². The first-order valence-electron chi connectivity index (χ1n) is 8.46. The molecular weight excluding hydrogens is 361 g/mol. The molecule has 0 atom stereocenters. The van der Waals surface area contributed by atoms with Gasteiger partial charge in [0.25, 0.3) is 5.91 Å². The fourth-order valence-electron chi connectivity index (χ4n) is 2.76. The lowest BCUT2D eigenvalue weighted by atomic mass is 10.1. The number of hydrogen-bond acceptors (Lipinski definition) is 5. The van der Waals surface area contributed by atoms with Gasteiger partial charge in [-0.1, -0.05) is 6.07 Å². The van der Waals surface area contributed by atoms with Gasteiger partial charge in [0.05, 0.1) is 36.7 Å². The van der Waals surface area contributed by atoms with E-state index in [0.717, 1.165) is 31.0 Å². The van der Waals surface area contributed by atoms with E-state index >= 15 is 0 Å². The smallest absolute Gasteiger partial charge is 0.378 e. The zero-order valence-electron chi connectivity index (χ0n) is 14.7. The Hall–Kier alpha value is -2.68. The third kappa shape index (κ3) is 4.73. The van der Waals surface area contributed by atoms with Crippen LogP contribution < -0.4 is 10.2 Å². The van der Waals surface area contributed by atoms with Crippen LogP contribution in [0, 0.1) is 6.92 Å². The lowest BCUT2D eigenvalue weighted by Crippen LogP contribution is -2.37. The lowest BCUT2D eigenvalue weighted by Gasteiger charge is -2.28. The number of anilines is 1. The summed E-state index contributed by atoms with van der Waals surface area (Å²) in [6.45, 7) is 4.32. The van der Waals surface area contributed by atoms with Crippen LogP contribution in [-0.2, 0) is 17.5 Å². The van der Waals surface area contributed by atoms with E-state index in [-0.39, 0.29) is 17.8 Å². The summed E-state index contributed by atoms with van der Waals surface area (Å²) in [6, 6.07) is 7.46. The predicted molar refractivity (Wildman–Crippen MR) is 92.4 cm³/mol. The molecule has 3 rings (SSSR count). The summed E-state index contributed by atoms with van der Waals surface area (Å²) in [4.78, 5) is 22.4. The second-order valence-electron chi connectivity index (χ2n) is 6.10. The minimum atomic E-state index is -4.54. The van der Waals surface area contributed by atoms with Gasteiger partial charge in [-0.25, -0.2) is 9.97 Å². The Balaban J connectivity index is 1.65. The van der Waals surface area contributed by atoms with Crippen molar-refractivity contribution in [3.63, 3.8) is 0 Å². The topological polar surface area (TPSA) is 67.4 Å². The summed E-state index contributed by atoms with van der Waals surface area (Å²) >= 11 is 0. The zero-order valence-corrected chi connectivity index (χ0v) is 14.7. The van der Waals surface area contributed by atoms with Crippen LogP contribution in [0.15, 0.2) is 30.3 Å². The van der Waals surface area contributed by atoms with Crippen molar-refractivity contribution in [3.05, 3.63) is 53.0 Å². The third-order valence-electron chi connectivity index (χ3n) is 4.18. The molecule has 1 N–H and O–H groups in total. The van der Waals surface area contributed by atoms with E-state index in [4.69, 9.17) is 4.74 Å². The van der Waals surface area contributed by atoms with E-state index in [1.807, 2.05) is 12.1 Å². The van der Waals surface area contributed by atoms with E-state index < -0.39 is 17.8 Å². The molecule has 0 unspecified atom stereocenters. The number of pyridine rings is 2. The van der Waals surface area contributed by atoms with Gasteiger partial charge in [0.2, 0.25) is 0 Å². The molecule has 0 aliphatic carbocycles. The Labute approximate surface area is 154 Å². The molecule has 1 aliphatic rings. The molecule has 9 heteroatoms. The van der Waals surface area contributed by atoms with Crippen molar-refractivity contribution in [2.24, 2.45) is 0 Å². The number of carbonyl (C=O) groups excluding carboxylic acids is 1. The molecule has 0 saturated carbocycles. The van der Waals surface area contributed by atoms with Crippen LogP contribution in [0.4, 0.5) is 19.0 Å². The number of ether oxygens (including phenoxy) is 1. The SMILES string of the molecule is Cc1nc(C(F)(F)F)ccc1C(=O)NCc1cccc(N2CCOCC2)n1. The minimum absolute atomic E-state index is 0.0253. The molecule has 1 aliphatic heterocycles. The minimum Gasteiger partial charge on any atom is -0.378 e. The van der Waals surface area contributed by atoms with Crippen molar-refractivity contribution in [2.45, 2.75) is 19.6 Å². The van der Waals surface area contributed by atoms with Crippen LogP contribution in [0.1, 0.15) is 27.4 Å². The largest absolute Gasteiger partial charge is 0.433 e. The van der Waals surface area contributed by atoms with Crippen molar-refractivity contribution < 1.29 is 22.7 Å². The highest BCUT2D eigenvalue weighted by molar-refractivity contribution is 5.95. The lowest BCUT2D eigenvalue weighted by molar-refractivity contribution is -0.141. The van der Waals surface area contributed by atoms with Crippen molar-refractivity contribution in [1.82, 2.24) is 15.3 Å². The van der Waals surface area contributed by atoms with Crippen LogP contribution in [0.3, 0.4) is 0 Å². The van der Waals surface area contributed by atoms with E-state index in [1.54, 1.807) is 6.07 Å². The molecule has 144 valence electrons. The Bertz CT molecular complexity index is 820. The van der Waals surface area contributed by atoms with Gasteiger partial charge in [-0.15, -0.1) is 0 Å². The second-order valence-corrected chi connectivity index (χ2v) is 6.10. The van der Waals surface area contributed by atoms with Gasteiger partial charge >= 0.3 is 6.18 Å². The molecule has 1 saturated heterocycles. The average Bonchev–Trinajstić information content (AvgIpc) is 2.66. The number of aryl methyl sites for hydroxylation is 1. The Morgan fingerprint density at radius 3 is 2.59 bits per heavy atom. The van der Waals surface area contributed by atoms with E-state index in [9.17, 15) is 18.0 Å². The molecule has 27 heavy (non-hydrogen) atoms. The van der Waals surface area contributed by atoms with Crippen molar-refractivity contribution in [3.8, 4) is 0 Å². The first-order valence-corrected chi connectivity index (χ1v) is 8.46. The number of aromatic nitrogens is 2. The number of carbonyl (C=O) groups is 1. The number of nitrogens with one attached hydrogen (secondary N) is 1. The zero-order chi connectivity index (χ0) is 19.4. The maximum absolute atomic E-state index is 12.7. The molecule has 3 heterocycles. The fourth-order valence-corrected chi connectivity index (χ4v) is 2.76. The molecule has 0 bridgehead atoms. The van der Waals surface area contributed by atoms with Gasteiger partial charge in [0.15, 0.2) is 0 Å². The summed E-state index contributed by atoms with van der Waals surface area (Å²) in [5, 5.41) is 2.68. The van der Waals surface area contributed by atoms with Gasteiger partial charge in [0.1, 0.15) is 11.5 Å². The number of amides is 1. The highest BCUT2D eigenvalue weighted by Crippen LogP contribution is 2.28. The molecule has 6 nitrogen and oxygen atoms in total. The quantitative estimate of drug-likeness (QED) is 0.883. The molecule has 1 fully saturated rings. The van der Waals surface area contributed by atoms with Crippen LogP contribution in [-0.4, -0.2) is 42.2 Å². The van der Waals surface area contributed by atoms with Crippen LogP contribution in [0.2, 0.25) is 0 Å². The van der Waals surface area contributed by atoms with Gasteiger partial charge in [-0.3, -0.25) is 4.79 Å². The number of morpholine rings is 1. The Kier molecular flexibility index (Phi) is 5.59. The number of alkyl halides is 3. The van der Waals surface area contributed by atoms with Crippen molar-refractivity contribution in [2.75, 3.05) is 31.2 Å². The first kappa shape index (κ1) is 19.1. The van der Waals surface area contributed by atoms with E-state index in [0.29, 0.717) is 18.9 Å². The molecule has 0 radical (unpaired) electrons. The summed E-state index contributed by atoms with van der Waals surface area (Å²) in [5.41, 5.74) is -0.231. The summed E-state index contributed by atoms with van der Waals surface area (Å²) in [6.07, 6.45) is -4.54. The summed E-state index contributed by atoms with van der Waals surface area (Å²) < 4.78 is 43.4. The highest BCUT2D eigenvalue weighted by atomic mass is 19.4. The van der Waals surface area contributed by atoms with Crippen LogP contribution >= 0.6 is 0 Å². The van der Waals surface area contributed by atoms with Crippen LogP contribution in [0.25, 0.3) is 0 Å². The standard InChI is InChI=1S/C18H19F3N4O2/c1-12-14(5-6-15(23-12)18(19,20)21)17(26)22-11-13-3-2-4-16(24-13)25-7-9-27-10-8-25/h2-6H,7-11H2,1H3,(H,22,26). The van der Waals surface area contributed by atoms with Gasteiger partial charge in [-0.2, -0.15) is 13.2 Å². The van der Waals surface area contributed by atoms with E-state index in [2.05, 4.69) is 20.2 Å². The van der Waals surface area contributed by atoms with Gasteiger partial charge in [-0.05, 0) is 31.2 Å². The average molecular weight is 380 g/mol. The summed E-state index contributed by atoms with van der Waals surface area (Å²) in [5.74, 6) is 0.310. The number of hydrogen-bond donors (Lipinski definition) is 1. The first-order chi connectivity index (χ1) is 12.8. The molecule has 2 aromatic heterocycles. The predicted octanol–water partition coefficient (Wildman–Crippen LogP) is 2.57.